The number of aliphatic hydroxyl groups is 1. The number of β-lactam (4-membered cyclic amide) rings is 1. The van der Waals surface area contributed by atoms with Crippen molar-refractivity contribution in [1.29, 1.82) is 5.26 Å². The van der Waals surface area contributed by atoms with Gasteiger partial charge in [0.05, 0.1) is 12.5 Å². The standard InChI is InChI=1S/C19H17N7O5S2/c20-7-6-11(33-19-22-24-25-23-19)10-8-32-17-12(16(29)26(17)13(10)18(30)31)21-15(28)14(27)9-4-2-1-3-5-9/h1-5,11-12,14,17,27H,6,8H2,(H,21,28)(H,30,31)(H,22,23,24,25)/t11?,12-,14-,17-/m1/s1. The first-order chi connectivity index (χ1) is 15.9. The van der Waals surface area contributed by atoms with Gasteiger partial charge in [0.1, 0.15) is 17.1 Å². The number of benzene rings is 1. The summed E-state index contributed by atoms with van der Waals surface area (Å²) in [7, 11) is 0. The van der Waals surface area contributed by atoms with Gasteiger partial charge in [-0.3, -0.25) is 14.5 Å². The zero-order chi connectivity index (χ0) is 23.5. The Morgan fingerprint density at radius 2 is 2.15 bits per heavy atom. The topological polar surface area (TPSA) is 185 Å². The predicted molar refractivity (Wildman–Crippen MR) is 115 cm³/mol. The van der Waals surface area contributed by atoms with Gasteiger partial charge >= 0.3 is 5.97 Å². The quantitative estimate of drug-likeness (QED) is 0.291. The highest BCUT2D eigenvalue weighted by molar-refractivity contribution is 8.01. The zero-order valence-electron chi connectivity index (χ0n) is 16.8. The third kappa shape index (κ3) is 4.42. The lowest BCUT2D eigenvalue weighted by atomic mass is 10.00. The molecule has 4 rings (SSSR count). The van der Waals surface area contributed by atoms with Crippen LogP contribution in [0, 0.1) is 11.3 Å². The van der Waals surface area contributed by atoms with Crippen LogP contribution in [0.25, 0.3) is 0 Å². The van der Waals surface area contributed by atoms with Crippen molar-refractivity contribution in [2.75, 3.05) is 5.75 Å². The molecular formula is C19H17N7O5S2. The van der Waals surface area contributed by atoms with Crippen molar-refractivity contribution in [3.8, 4) is 6.07 Å². The number of tetrazole rings is 1. The number of nitrogens with one attached hydrogen (secondary N) is 2. The first-order valence-corrected chi connectivity index (χ1v) is 11.6. The van der Waals surface area contributed by atoms with E-state index in [2.05, 4.69) is 25.9 Å². The Morgan fingerprint density at radius 1 is 1.39 bits per heavy atom. The van der Waals surface area contributed by atoms with E-state index < -0.39 is 40.6 Å². The van der Waals surface area contributed by atoms with Gasteiger partial charge in [0.15, 0.2) is 6.10 Å². The predicted octanol–water partition coefficient (Wildman–Crippen LogP) is 0.0463. The van der Waals surface area contributed by atoms with E-state index in [1.165, 1.54) is 11.8 Å². The Balaban J connectivity index is 1.54. The van der Waals surface area contributed by atoms with Crippen molar-refractivity contribution in [1.82, 2.24) is 30.8 Å². The van der Waals surface area contributed by atoms with E-state index in [-0.39, 0.29) is 23.0 Å². The number of fused-ring (bicyclic) bond motifs is 1. The van der Waals surface area contributed by atoms with Crippen LogP contribution in [0.4, 0.5) is 0 Å². The molecule has 0 spiro atoms. The number of carbonyl (C=O) groups excluding carboxylic acids is 2. The molecule has 4 atom stereocenters. The maximum atomic E-state index is 12.9. The number of aromatic amines is 1. The van der Waals surface area contributed by atoms with Crippen LogP contribution in [0.1, 0.15) is 18.1 Å². The number of carboxylic acids is 1. The Morgan fingerprint density at radius 3 is 2.79 bits per heavy atom. The summed E-state index contributed by atoms with van der Waals surface area (Å²) in [6.45, 7) is 0. The monoisotopic (exact) mass is 487 g/mol. The number of rotatable bonds is 8. The summed E-state index contributed by atoms with van der Waals surface area (Å²) in [6, 6.07) is 9.31. The molecule has 1 aromatic carbocycles. The largest absolute Gasteiger partial charge is 0.477 e. The summed E-state index contributed by atoms with van der Waals surface area (Å²) in [5, 5.41) is 44.3. The van der Waals surface area contributed by atoms with Gasteiger partial charge in [-0.2, -0.15) is 10.5 Å². The number of aliphatic carboxylic acids is 1. The maximum Gasteiger partial charge on any atom is 0.352 e. The van der Waals surface area contributed by atoms with Crippen molar-refractivity contribution < 1.29 is 24.6 Å². The number of carboxylic acid groups (broad SMARTS) is 1. The molecule has 0 aliphatic carbocycles. The fourth-order valence-corrected chi connectivity index (χ4v) is 6.02. The van der Waals surface area contributed by atoms with E-state index in [1.807, 2.05) is 6.07 Å². The van der Waals surface area contributed by atoms with E-state index in [0.717, 1.165) is 16.7 Å². The lowest BCUT2D eigenvalue weighted by molar-refractivity contribution is -0.151. The second-order valence-corrected chi connectivity index (χ2v) is 9.33. The molecule has 0 bridgehead atoms. The third-order valence-electron chi connectivity index (χ3n) is 5.10. The number of thioether (sulfide) groups is 2. The fourth-order valence-electron chi connectivity index (χ4n) is 3.56. The minimum atomic E-state index is -1.46. The maximum absolute atomic E-state index is 12.9. The number of nitrogens with zero attached hydrogens (tertiary/aromatic N) is 5. The Labute approximate surface area is 195 Å². The number of hydrogen-bond acceptors (Lipinski definition) is 10. The molecule has 12 nitrogen and oxygen atoms in total. The normalized spacial score (nSPS) is 21.5. The smallest absolute Gasteiger partial charge is 0.352 e. The van der Waals surface area contributed by atoms with Gasteiger partial charge in [-0.15, -0.1) is 22.0 Å². The second-order valence-electron chi connectivity index (χ2n) is 7.05. The van der Waals surface area contributed by atoms with Crippen molar-refractivity contribution >= 4 is 41.3 Å². The third-order valence-corrected chi connectivity index (χ3v) is 7.52. The molecule has 1 saturated heterocycles. The van der Waals surface area contributed by atoms with Crippen molar-refractivity contribution in [3.63, 3.8) is 0 Å². The first-order valence-electron chi connectivity index (χ1n) is 9.63. The van der Waals surface area contributed by atoms with E-state index in [9.17, 15) is 29.9 Å². The summed E-state index contributed by atoms with van der Waals surface area (Å²) in [5.74, 6) is -2.44. The van der Waals surface area contributed by atoms with E-state index in [0.29, 0.717) is 11.1 Å². The Bertz CT molecular complexity index is 1140. The number of aliphatic hydroxyl groups excluding tert-OH is 1. The van der Waals surface area contributed by atoms with Crippen LogP contribution in [0.15, 0.2) is 46.8 Å². The number of nitriles is 1. The minimum Gasteiger partial charge on any atom is -0.477 e. The summed E-state index contributed by atoms with van der Waals surface area (Å²) in [5.41, 5.74) is 0.554. The number of carbonyl (C=O) groups is 3. The van der Waals surface area contributed by atoms with Crippen molar-refractivity contribution in [2.45, 2.75) is 34.3 Å². The number of aromatic nitrogens is 4. The number of hydrogen-bond donors (Lipinski definition) is 4. The Kier molecular flexibility index (Phi) is 6.63. The van der Waals surface area contributed by atoms with Crippen molar-refractivity contribution in [3.05, 3.63) is 47.2 Å². The highest BCUT2D eigenvalue weighted by atomic mass is 32.2. The van der Waals surface area contributed by atoms with Crippen LogP contribution in [0.5, 0.6) is 0 Å². The average molecular weight is 488 g/mol. The van der Waals surface area contributed by atoms with Crippen LogP contribution in [0.2, 0.25) is 0 Å². The molecule has 2 aromatic rings. The summed E-state index contributed by atoms with van der Waals surface area (Å²) >= 11 is 2.35. The van der Waals surface area contributed by atoms with Crippen LogP contribution in [0.3, 0.4) is 0 Å². The molecule has 2 amide bonds. The summed E-state index contributed by atoms with van der Waals surface area (Å²) in [4.78, 5) is 38.6. The molecule has 2 aliphatic rings. The fraction of sp³-hybridized carbons (Fsp3) is 0.316. The molecule has 170 valence electrons. The molecule has 1 unspecified atom stereocenters. The second kappa shape index (κ2) is 9.61. The molecule has 3 heterocycles. The van der Waals surface area contributed by atoms with E-state index in [4.69, 9.17) is 0 Å². The van der Waals surface area contributed by atoms with Crippen LogP contribution >= 0.6 is 23.5 Å². The van der Waals surface area contributed by atoms with Crippen LogP contribution < -0.4 is 5.32 Å². The van der Waals surface area contributed by atoms with Gasteiger partial charge in [0.2, 0.25) is 5.16 Å². The van der Waals surface area contributed by atoms with E-state index >= 15 is 0 Å². The number of H-pyrrole nitrogens is 1. The SMILES string of the molecule is N#CCC(Sc1nn[nH]n1)C1=C(C(=O)O)N2C(=O)[C@@H](NC(=O)[C@H](O)c3ccccc3)[C@H]2SC1. The highest BCUT2D eigenvalue weighted by Crippen LogP contribution is 2.44. The van der Waals surface area contributed by atoms with Gasteiger partial charge in [-0.1, -0.05) is 42.1 Å². The van der Waals surface area contributed by atoms with Gasteiger partial charge in [-0.25, -0.2) is 4.79 Å². The molecular weight excluding hydrogens is 470 g/mol. The minimum absolute atomic E-state index is 0.0258. The molecule has 14 heteroatoms. The highest BCUT2D eigenvalue weighted by Gasteiger charge is 2.55. The molecule has 33 heavy (non-hydrogen) atoms. The lowest BCUT2D eigenvalue weighted by Crippen LogP contribution is -2.71. The first kappa shape index (κ1) is 22.8. The molecule has 0 saturated carbocycles. The average Bonchev–Trinajstić information content (AvgIpc) is 3.34. The van der Waals surface area contributed by atoms with Gasteiger partial charge in [0, 0.05) is 11.0 Å². The van der Waals surface area contributed by atoms with E-state index in [1.54, 1.807) is 30.3 Å². The molecule has 1 aromatic heterocycles. The Hall–Kier alpha value is -3.41. The van der Waals surface area contributed by atoms with Gasteiger partial charge in [-0.05, 0) is 16.3 Å². The van der Waals surface area contributed by atoms with Crippen LogP contribution in [-0.4, -0.2) is 75.9 Å². The molecule has 1 fully saturated rings. The molecule has 0 radical (unpaired) electrons. The summed E-state index contributed by atoms with van der Waals surface area (Å²) in [6.07, 6.45) is -1.49. The van der Waals surface area contributed by atoms with Crippen LogP contribution in [-0.2, 0) is 14.4 Å². The number of amides is 2. The lowest BCUT2D eigenvalue weighted by Gasteiger charge is -2.50. The van der Waals surface area contributed by atoms with Crippen molar-refractivity contribution in [2.24, 2.45) is 0 Å². The zero-order valence-corrected chi connectivity index (χ0v) is 18.4. The molecule has 2 aliphatic heterocycles. The summed E-state index contributed by atoms with van der Waals surface area (Å²) < 4.78 is 0. The van der Waals surface area contributed by atoms with Gasteiger partial charge in [0.25, 0.3) is 11.8 Å². The van der Waals surface area contributed by atoms with Gasteiger partial charge < -0.3 is 15.5 Å². The molecule has 4 N–H and O–H groups in total.